The number of unbranched alkanes of at least 4 members (excludes halogenated alkanes) is 2. The molecule has 20 heavy (non-hydrogen) atoms. The lowest BCUT2D eigenvalue weighted by Crippen LogP contribution is -2.31. The van der Waals surface area contributed by atoms with E-state index in [1.54, 1.807) is 0 Å². The number of hydrogen-bond donors (Lipinski definition) is 1. The van der Waals surface area contributed by atoms with Crippen LogP contribution in [0, 0.1) is 6.92 Å². The van der Waals surface area contributed by atoms with E-state index in [4.69, 9.17) is 0 Å². The molecule has 1 aromatic rings. The third-order valence-electron chi connectivity index (χ3n) is 4.06. The van der Waals surface area contributed by atoms with Gasteiger partial charge in [-0.1, -0.05) is 56.5 Å². The number of hydrogen-bond acceptors (Lipinski definition) is 2. The van der Waals surface area contributed by atoms with Crippen LogP contribution in [-0.4, -0.2) is 23.4 Å². The number of carbonyl (C=O) groups is 1. The average Bonchev–Trinajstić information content (AvgIpc) is 2.77. The van der Waals surface area contributed by atoms with Crippen LogP contribution in [0.2, 0.25) is 0 Å². The van der Waals surface area contributed by atoms with Crippen LogP contribution in [0.25, 0.3) is 0 Å². The van der Waals surface area contributed by atoms with Crippen LogP contribution < -0.4 is 5.32 Å². The number of carbonyl (C=O) groups excluding carboxylic acids is 1. The first kappa shape index (κ1) is 15.0. The Kier molecular flexibility index (Phi) is 5.18. The first-order valence-electron chi connectivity index (χ1n) is 7.80. The van der Waals surface area contributed by atoms with Crippen LogP contribution in [0.1, 0.15) is 56.8 Å². The summed E-state index contributed by atoms with van der Waals surface area (Å²) < 4.78 is 0. The molecule has 3 nitrogen and oxygen atoms in total. The molecule has 0 bridgehead atoms. The molecular weight excluding hydrogens is 248 g/mol. The van der Waals surface area contributed by atoms with Crippen molar-refractivity contribution in [1.29, 1.82) is 0 Å². The number of rotatable bonds is 6. The lowest BCUT2D eigenvalue weighted by Gasteiger charge is -2.24. The van der Waals surface area contributed by atoms with Crippen molar-refractivity contribution in [2.45, 2.75) is 58.7 Å². The summed E-state index contributed by atoms with van der Waals surface area (Å²) in [5.41, 5.74) is 2.44. The molecule has 0 radical (unpaired) electrons. The molecule has 110 valence electrons. The Balaban J connectivity index is 2.15. The zero-order valence-corrected chi connectivity index (χ0v) is 12.9. The van der Waals surface area contributed by atoms with Crippen LogP contribution in [-0.2, 0) is 4.79 Å². The summed E-state index contributed by atoms with van der Waals surface area (Å²) in [4.78, 5) is 14.5. The van der Waals surface area contributed by atoms with Gasteiger partial charge >= 0.3 is 0 Å². The summed E-state index contributed by atoms with van der Waals surface area (Å²) in [6, 6.07) is 8.47. The Morgan fingerprint density at radius 3 is 2.45 bits per heavy atom. The summed E-state index contributed by atoms with van der Waals surface area (Å²) in [5.74, 6) is 0.258. The second-order valence-electron chi connectivity index (χ2n) is 5.68. The van der Waals surface area contributed by atoms with E-state index >= 15 is 0 Å². The standard InChI is InChI=1S/C17H26N2O/c1-4-6-7-12-19-16(18-15(5-2)17(19)20)14-10-8-13(3)9-11-14/h8-11,15-16,18H,4-7,12H2,1-3H3. The minimum atomic E-state index is -0.0251. The molecule has 1 saturated heterocycles. The summed E-state index contributed by atoms with van der Waals surface area (Å²) >= 11 is 0. The van der Waals surface area contributed by atoms with Gasteiger partial charge in [-0.3, -0.25) is 10.1 Å². The van der Waals surface area contributed by atoms with Crippen molar-refractivity contribution < 1.29 is 4.79 Å². The van der Waals surface area contributed by atoms with Gasteiger partial charge in [0.05, 0.1) is 6.04 Å². The molecule has 2 atom stereocenters. The number of nitrogens with one attached hydrogen (secondary N) is 1. The summed E-state index contributed by atoms with van der Waals surface area (Å²) in [6.07, 6.45) is 4.35. The minimum Gasteiger partial charge on any atom is -0.322 e. The Morgan fingerprint density at radius 1 is 1.15 bits per heavy atom. The third-order valence-corrected chi connectivity index (χ3v) is 4.06. The Labute approximate surface area is 122 Å². The van der Waals surface area contributed by atoms with E-state index in [0.717, 1.165) is 19.4 Å². The van der Waals surface area contributed by atoms with Gasteiger partial charge in [0.25, 0.3) is 0 Å². The van der Waals surface area contributed by atoms with E-state index in [2.05, 4.69) is 50.4 Å². The van der Waals surface area contributed by atoms with Gasteiger partial charge in [-0.25, -0.2) is 0 Å². The van der Waals surface area contributed by atoms with E-state index in [9.17, 15) is 4.79 Å². The van der Waals surface area contributed by atoms with Crippen LogP contribution in [0.3, 0.4) is 0 Å². The van der Waals surface area contributed by atoms with Gasteiger partial charge in [-0.05, 0) is 25.3 Å². The molecule has 1 amide bonds. The van der Waals surface area contributed by atoms with Gasteiger partial charge in [0.1, 0.15) is 6.17 Å². The van der Waals surface area contributed by atoms with Crippen molar-refractivity contribution in [2.24, 2.45) is 0 Å². The van der Waals surface area contributed by atoms with Gasteiger partial charge in [-0.15, -0.1) is 0 Å². The van der Waals surface area contributed by atoms with Crippen LogP contribution in [0.15, 0.2) is 24.3 Å². The number of amides is 1. The molecule has 1 aliphatic heterocycles. The van der Waals surface area contributed by atoms with Crippen LogP contribution in [0.4, 0.5) is 0 Å². The highest BCUT2D eigenvalue weighted by molar-refractivity contribution is 5.84. The van der Waals surface area contributed by atoms with E-state index < -0.39 is 0 Å². The normalized spacial score (nSPS) is 22.6. The molecule has 0 spiro atoms. The van der Waals surface area contributed by atoms with Crippen molar-refractivity contribution in [2.75, 3.05) is 6.54 Å². The number of benzene rings is 1. The lowest BCUT2D eigenvalue weighted by atomic mass is 10.1. The largest absolute Gasteiger partial charge is 0.322 e. The van der Waals surface area contributed by atoms with Crippen molar-refractivity contribution in [3.05, 3.63) is 35.4 Å². The zero-order valence-electron chi connectivity index (χ0n) is 12.9. The smallest absolute Gasteiger partial charge is 0.241 e. The van der Waals surface area contributed by atoms with E-state index in [1.807, 2.05) is 4.90 Å². The summed E-state index contributed by atoms with van der Waals surface area (Å²) in [6.45, 7) is 7.20. The van der Waals surface area contributed by atoms with Gasteiger partial charge in [0.2, 0.25) is 5.91 Å². The SMILES string of the molecule is CCCCCN1C(=O)C(CC)NC1c1ccc(C)cc1. The fourth-order valence-corrected chi connectivity index (χ4v) is 2.77. The number of aryl methyl sites for hydroxylation is 1. The fraction of sp³-hybridized carbons (Fsp3) is 0.588. The highest BCUT2D eigenvalue weighted by Crippen LogP contribution is 2.27. The Hall–Kier alpha value is -1.35. The molecule has 2 rings (SSSR count). The van der Waals surface area contributed by atoms with Gasteiger partial charge in [-0.2, -0.15) is 0 Å². The molecule has 3 heteroatoms. The molecule has 0 aliphatic carbocycles. The maximum Gasteiger partial charge on any atom is 0.241 e. The first-order valence-corrected chi connectivity index (χ1v) is 7.80. The van der Waals surface area contributed by atoms with Crippen molar-refractivity contribution in [3.8, 4) is 0 Å². The zero-order chi connectivity index (χ0) is 14.5. The van der Waals surface area contributed by atoms with E-state index in [1.165, 1.54) is 24.0 Å². The molecule has 1 heterocycles. The molecule has 1 N–H and O–H groups in total. The van der Waals surface area contributed by atoms with Gasteiger partial charge in [0, 0.05) is 6.54 Å². The second kappa shape index (κ2) is 6.89. The second-order valence-corrected chi connectivity index (χ2v) is 5.68. The summed E-state index contributed by atoms with van der Waals surface area (Å²) in [5, 5.41) is 3.48. The van der Waals surface area contributed by atoms with Crippen molar-refractivity contribution in [1.82, 2.24) is 10.2 Å². The Bertz CT molecular complexity index is 441. The van der Waals surface area contributed by atoms with Crippen LogP contribution in [0.5, 0.6) is 0 Å². The quantitative estimate of drug-likeness (QED) is 0.806. The summed E-state index contributed by atoms with van der Waals surface area (Å²) in [7, 11) is 0. The topological polar surface area (TPSA) is 32.3 Å². The van der Waals surface area contributed by atoms with Crippen LogP contribution >= 0.6 is 0 Å². The maximum absolute atomic E-state index is 12.4. The molecule has 1 aliphatic rings. The number of nitrogens with zero attached hydrogens (tertiary/aromatic N) is 1. The molecule has 1 fully saturated rings. The van der Waals surface area contributed by atoms with E-state index in [0.29, 0.717) is 0 Å². The van der Waals surface area contributed by atoms with E-state index in [-0.39, 0.29) is 18.1 Å². The lowest BCUT2D eigenvalue weighted by molar-refractivity contribution is -0.130. The highest BCUT2D eigenvalue weighted by Gasteiger charge is 2.37. The maximum atomic E-state index is 12.4. The molecule has 0 aromatic heterocycles. The average molecular weight is 274 g/mol. The Morgan fingerprint density at radius 2 is 1.85 bits per heavy atom. The monoisotopic (exact) mass is 274 g/mol. The van der Waals surface area contributed by atoms with Gasteiger partial charge < -0.3 is 4.90 Å². The predicted octanol–water partition coefficient (Wildman–Crippen LogP) is 3.39. The predicted molar refractivity (Wildman–Crippen MR) is 82.4 cm³/mol. The molecule has 0 saturated carbocycles. The first-order chi connectivity index (χ1) is 9.67. The molecule has 1 aromatic carbocycles. The third kappa shape index (κ3) is 3.21. The van der Waals surface area contributed by atoms with Crippen molar-refractivity contribution >= 4 is 5.91 Å². The minimum absolute atomic E-state index is 0.0251. The fourth-order valence-electron chi connectivity index (χ4n) is 2.77. The van der Waals surface area contributed by atoms with Gasteiger partial charge in [0.15, 0.2) is 0 Å². The van der Waals surface area contributed by atoms with Crippen molar-refractivity contribution in [3.63, 3.8) is 0 Å². The molecule has 2 unspecified atom stereocenters. The highest BCUT2D eigenvalue weighted by atomic mass is 16.2. The molecular formula is C17H26N2O.